The molecule has 1 aromatic rings. The lowest BCUT2D eigenvalue weighted by Gasteiger charge is -2.03. The molecule has 1 aromatic carbocycles. The Labute approximate surface area is 90.3 Å². The molecule has 0 atom stereocenters. The van der Waals surface area contributed by atoms with Crippen molar-refractivity contribution >= 4 is 23.0 Å². The van der Waals surface area contributed by atoms with Crippen LogP contribution < -0.4 is 5.32 Å². The highest BCUT2D eigenvalue weighted by atomic mass is 35.5. The Bertz CT molecular complexity index is 226. The number of rotatable bonds is 4. The molecule has 3 heteroatoms. The molecule has 0 aliphatic heterocycles. The van der Waals surface area contributed by atoms with E-state index in [4.69, 9.17) is 4.79 Å². The largest absolute Gasteiger partial charge is 0.385 e. The minimum Gasteiger partial charge on any atom is -0.385 e. The van der Waals surface area contributed by atoms with Crippen LogP contribution in [0.3, 0.4) is 0 Å². The van der Waals surface area contributed by atoms with E-state index in [1.807, 2.05) is 18.2 Å². The molecule has 0 saturated carbocycles. The summed E-state index contributed by atoms with van der Waals surface area (Å²) in [6.45, 7) is 3.28. The molecular weight excluding hydrogens is 198 g/mol. The summed E-state index contributed by atoms with van der Waals surface area (Å²) in [6, 6.07) is 10.3. The highest BCUT2D eigenvalue weighted by molar-refractivity contribution is 6.54. The average molecular weight is 214 g/mol. The Balaban J connectivity index is 0.000000500. The lowest BCUT2D eigenvalue weighted by molar-refractivity contribution is 0.569. The van der Waals surface area contributed by atoms with Crippen molar-refractivity contribution in [2.45, 2.75) is 19.8 Å². The van der Waals surface area contributed by atoms with Gasteiger partial charge in [0.05, 0.1) is 0 Å². The van der Waals surface area contributed by atoms with E-state index in [0.717, 1.165) is 6.54 Å². The molecule has 0 aliphatic rings. The lowest BCUT2D eigenvalue weighted by Crippen LogP contribution is -1.99. The van der Waals surface area contributed by atoms with E-state index >= 15 is 0 Å². The monoisotopic (exact) mass is 213 g/mol. The first-order valence-electron chi connectivity index (χ1n) is 4.68. The van der Waals surface area contributed by atoms with Crippen molar-refractivity contribution in [3.8, 4) is 0 Å². The first kappa shape index (κ1) is 13.0. The van der Waals surface area contributed by atoms with Gasteiger partial charge in [0.25, 0.3) is 0 Å². The third-order valence-electron chi connectivity index (χ3n) is 1.63. The molecule has 0 bridgehead atoms. The van der Waals surface area contributed by atoms with Gasteiger partial charge in [0.1, 0.15) is 0 Å². The molecule has 0 amide bonds. The zero-order valence-electron chi connectivity index (χ0n) is 8.37. The van der Waals surface area contributed by atoms with Crippen molar-refractivity contribution in [2.24, 2.45) is 0 Å². The topological polar surface area (TPSA) is 29.1 Å². The van der Waals surface area contributed by atoms with Crippen LogP contribution in [0.15, 0.2) is 30.3 Å². The van der Waals surface area contributed by atoms with E-state index in [-0.39, 0.29) is 5.75 Å². The number of carbonyl (C=O) groups excluding carboxylic acids is 1. The minimum absolute atomic E-state index is 0.222. The number of halogens is 1. The second-order valence-corrected chi connectivity index (χ2v) is 2.91. The van der Waals surface area contributed by atoms with Gasteiger partial charge < -0.3 is 5.32 Å². The fourth-order valence-electron chi connectivity index (χ4n) is 0.966. The van der Waals surface area contributed by atoms with Crippen LogP contribution in [0.4, 0.5) is 5.69 Å². The fraction of sp³-hybridized carbons (Fsp3) is 0.364. The predicted molar refractivity (Wildman–Crippen MR) is 62.4 cm³/mol. The van der Waals surface area contributed by atoms with Gasteiger partial charge in [-0.15, -0.1) is 0 Å². The Morgan fingerprint density at radius 1 is 1.36 bits per heavy atom. The number of anilines is 1. The maximum absolute atomic E-state index is 8.57. The average Bonchev–Trinajstić information content (AvgIpc) is 2.21. The number of para-hydroxylation sites is 1. The summed E-state index contributed by atoms with van der Waals surface area (Å²) in [4.78, 5) is 8.57. The smallest absolute Gasteiger partial charge is 0.208 e. The maximum atomic E-state index is 8.57. The standard InChI is InChI=1S/C10H15N.CHClO/c1-2-3-9-11-10-7-5-4-6-8-10;2-1-3/h4-8,11H,2-3,9H2,1H3;1H. The van der Waals surface area contributed by atoms with Gasteiger partial charge in [-0.25, -0.2) is 0 Å². The zero-order chi connectivity index (χ0) is 10.6. The summed E-state index contributed by atoms with van der Waals surface area (Å²) in [5.74, 6) is 0.222. The predicted octanol–water partition coefficient (Wildman–Crippen LogP) is 3.31. The first-order valence-corrected chi connectivity index (χ1v) is 5.11. The van der Waals surface area contributed by atoms with E-state index in [1.165, 1.54) is 18.5 Å². The second kappa shape index (κ2) is 10.1. The van der Waals surface area contributed by atoms with Gasteiger partial charge in [0.2, 0.25) is 5.75 Å². The van der Waals surface area contributed by atoms with Crippen LogP contribution >= 0.6 is 11.6 Å². The Kier molecular flexibility index (Phi) is 9.33. The number of hydrogen-bond donors (Lipinski definition) is 1. The van der Waals surface area contributed by atoms with E-state index < -0.39 is 0 Å². The van der Waals surface area contributed by atoms with Gasteiger partial charge in [-0.3, -0.25) is 4.79 Å². The minimum atomic E-state index is 0.222. The van der Waals surface area contributed by atoms with E-state index in [0.29, 0.717) is 0 Å². The summed E-state index contributed by atoms with van der Waals surface area (Å²) in [5.41, 5.74) is 1.22. The normalized spacial score (nSPS) is 8.43. The Morgan fingerprint density at radius 3 is 2.43 bits per heavy atom. The molecule has 1 N–H and O–H groups in total. The van der Waals surface area contributed by atoms with Crippen LogP contribution in [0.5, 0.6) is 0 Å². The molecule has 0 fully saturated rings. The van der Waals surface area contributed by atoms with Crippen LogP contribution in [0.25, 0.3) is 0 Å². The van der Waals surface area contributed by atoms with Gasteiger partial charge in [-0.2, -0.15) is 0 Å². The molecule has 1 rings (SSSR count). The Hall–Kier alpha value is -1.02. The molecule has 78 valence electrons. The van der Waals surface area contributed by atoms with E-state index in [1.54, 1.807) is 0 Å². The molecule has 0 unspecified atom stereocenters. The quantitative estimate of drug-likeness (QED) is 0.472. The summed E-state index contributed by atoms with van der Waals surface area (Å²) in [5, 5.41) is 3.35. The lowest BCUT2D eigenvalue weighted by atomic mass is 10.3. The van der Waals surface area contributed by atoms with Crippen molar-refractivity contribution < 1.29 is 4.79 Å². The van der Waals surface area contributed by atoms with Gasteiger partial charge in [0, 0.05) is 12.2 Å². The van der Waals surface area contributed by atoms with Crippen LogP contribution in [0.1, 0.15) is 19.8 Å². The van der Waals surface area contributed by atoms with Gasteiger partial charge in [-0.1, -0.05) is 31.5 Å². The Morgan fingerprint density at radius 2 is 1.93 bits per heavy atom. The van der Waals surface area contributed by atoms with Crippen molar-refractivity contribution in [3.05, 3.63) is 30.3 Å². The maximum Gasteiger partial charge on any atom is 0.208 e. The van der Waals surface area contributed by atoms with E-state index in [2.05, 4.69) is 36.0 Å². The molecule has 2 nitrogen and oxygen atoms in total. The van der Waals surface area contributed by atoms with Crippen LogP contribution in [-0.2, 0) is 4.79 Å². The highest BCUT2D eigenvalue weighted by Crippen LogP contribution is 2.04. The number of carbonyl (C=O) groups is 1. The molecule has 0 saturated heterocycles. The summed E-state index contributed by atoms with van der Waals surface area (Å²) in [7, 11) is 0. The molecule has 0 heterocycles. The van der Waals surface area contributed by atoms with Gasteiger partial charge in [0.15, 0.2) is 0 Å². The fourth-order valence-corrected chi connectivity index (χ4v) is 0.966. The number of unbranched alkanes of at least 4 members (excludes halogenated alkanes) is 1. The first-order chi connectivity index (χ1) is 6.85. The van der Waals surface area contributed by atoms with Gasteiger partial charge >= 0.3 is 0 Å². The molecule has 0 aliphatic carbocycles. The third kappa shape index (κ3) is 7.62. The van der Waals surface area contributed by atoms with Crippen molar-refractivity contribution in [2.75, 3.05) is 11.9 Å². The molecule has 0 spiro atoms. The molecule has 0 aromatic heterocycles. The number of nitrogens with one attached hydrogen (secondary N) is 1. The summed E-state index contributed by atoms with van der Waals surface area (Å²) < 4.78 is 0. The summed E-state index contributed by atoms with van der Waals surface area (Å²) in [6.07, 6.45) is 2.49. The van der Waals surface area contributed by atoms with Crippen molar-refractivity contribution in [1.82, 2.24) is 0 Å². The van der Waals surface area contributed by atoms with Crippen molar-refractivity contribution in [3.63, 3.8) is 0 Å². The van der Waals surface area contributed by atoms with Crippen LogP contribution in [-0.4, -0.2) is 12.3 Å². The second-order valence-electron chi connectivity index (χ2n) is 2.74. The van der Waals surface area contributed by atoms with E-state index in [9.17, 15) is 0 Å². The zero-order valence-corrected chi connectivity index (χ0v) is 9.13. The van der Waals surface area contributed by atoms with Gasteiger partial charge in [-0.05, 0) is 30.2 Å². The van der Waals surface area contributed by atoms with Crippen molar-refractivity contribution in [1.29, 1.82) is 0 Å². The molecule has 14 heavy (non-hydrogen) atoms. The van der Waals surface area contributed by atoms with Crippen LogP contribution in [0, 0.1) is 0 Å². The SMILES string of the molecule is CCCCNc1ccccc1.O=CCl. The summed E-state index contributed by atoms with van der Waals surface area (Å²) >= 11 is 4.32. The molecule has 0 radical (unpaired) electrons. The third-order valence-corrected chi connectivity index (χ3v) is 1.63. The number of hydrogen-bond acceptors (Lipinski definition) is 2. The molecular formula is C11H16ClNO. The number of benzene rings is 1. The van der Waals surface area contributed by atoms with Crippen LogP contribution in [0.2, 0.25) is 0 Å². The highest BCUT2D eigenvalue weighted by Gasteiger charge is 1.86.